The predicted octanol–water partition coefficient (Wildman–Crippen LogP) is 17.3. The molecular weight excluding hydrogens is 807 g/mol. The molecule has 0 saturated carbocycles. The maximum Gasteiger partial charge on any atom is 0.124 e. The van der Waals surface area contributed by atoms with Crippen LogP contribution in [0.4, 0.5) is 17.1 Å². The van der Waals surface area contributed by atoms with Gasteiger partial charge in [-0.05, 0) is 133 Å². The molecule has 0 aliphatic carbocycles. The van der Waals surface area contributed by atoms with E-state index in [0.29, 0.717) is 0 Å². The van der Waals surface area contributed by atoms with E-state index in [9.17, 15) is 0 Å². The molecule has 0 fully saturated rings. The average Bonchev–Trinajstić information content (AvgIpc) is 3.97. The van der Waals surface area contributed by atoms with Crippen molar-refractivity contribution in [3.63, 3.8) is 0 Å². The standard InChI is InChI=1S/C61H39N3S/c1-4-14-42(15-5-1)61-62-57-36-35-54-56-39-44(41-24-30-47(31-25-41)63(45-16-6-2-7-17-45)46-18-8-3-9-19-46)29-37-58(56)64(59(54)60(57)65-61)48-32-26-40(27-33-48)43-28-34-53-51-22-11-10-20-49(51)50-21-12-13-23-52(50)55(53)38-43/h1-39H. The Morgan fingerprint density at radius 1 is 0.338 bits per heavy atom. The van der Waals surface area contributed by atoms with E-state index in [1.54, 1.807) is 11.3 Å². The Morgan fingerprint density at radius 2 is 0.800 bits per heavy atom. The quantitative estimate of drug-likeness (QED) is 0.149. The van der Waals surface area contributed by atoms with Crippen LogP contribution in [0.5, 0.6) is 0 Å². The molecule has 0 amide bonds. The topological polar surface area (TPSA) is 21.1 Å². The van der Waals surface area contributed by atoms with Gasteiger partial charge in [0.05, 0.1) is 21.3 Å². The van der Waals surface area contributed by atoms with Crippen LogP contribution in [0.2, 0.25) is 0 Å². The van der Waals surface area contributed by atoms with Gasteiger partial charge in [-0.15, -0.1) is 11.3 Å². The summed E-state index contributed by atoms with van der Waals surface area (Å²) < 4.78 is 3.64. The highest BCUT2D eigenvalue weighted by atomic mass is 32.1. The summed E-state index contributed by atoms with van der Waals surface area (Å²) in [5.41, 5.74) is 13.7. The van der Waals surface area contributed by atoms with Gasteiger partial charge >= 0.3 is 0 Å². The fraction of sp³-hybridized carbons (Fsp3) is 0. The van der Waals surface area contributed by atoms with Crippen LogP contribution in [0.3, 0.4) is 0 Å². The Hall–Kier alpha value is -8.31. The third-order valence-electron chi connectivity index (χ3n) is 13.0. The minimum Gasteiger partial charge on any atom is -0.311 e. The monoisotopic (exact) mass is 845 g/mol. The molecule has 65 heavy (non-hydrogen) atoms. The van der Waals surface area contributed by atoms with Gasteiger partial charge < -0.3 is 9.47 Å². The second-order valence-corrected chi connectivity index (χ2v) is 17.7. The lowest BCUT2D eigenvalue weighted by atomic mass is 9.92. The first-order chi connectivity index (χ1) is 32.2. The smallest absolute Gasteiger partial charge is 0.124 e. The first kappa shape index (κ1) is 37.3. The molecule has 4 heteroatoms. The Labute approximate surface area is 380 Å². The number of benzene rings is 11. The lowest BCUT2D eigenvalue weighted by molar-refractivity contribution is 1.19. The lowest BCUT2D eigenvalue weighted by Gasteiger charge is -2.25. The van der Waals surface area contributed by atoms with Crippen LogP contribution in [0.25, 0.3) is 103 Å². The maximum atomic E-state index is 5.19. The molecule has 0 atom stereocenters. The summed E-state index contributed by atoms with van der Waals surface area (Å²) in [7, 11) is 0. The van der Waals surface area contributed by atoms with Crippen molar-refractivity contribution < 1.29 is 0 Å². The van der Waals surface area contributed by atoms with Crippen molar-refractivity contribution in [3.05, 3.63) is 237 Å². The third kappa shape index (κ3) is 6.22. The van der Waals surface area contributed by atoms with Crippen molar-refractivity contribution in [3.8, 4) is 38.5 Å². The fourth-order valence-electron chi connectivity index (χ4n) is 9.93. The van der Waals surface area contributed by atoms with Crippen molar-refractivity contribution >= 4 is 92.7 Å². The van der Waals surface area contributed by atoms with E-state index in [4.69, 9.17) is 4.98 Å². The highest BCUT2D eigenvalue weighted by Crippen LogP contribution is 2.43. The van der Waals surface area contributed by atoms with E-state index < -0.39 is 0 Å². The number of thiazole rings is 1. The van der Waals surface area contributed by atoms with E-state index >= 15 is 0 Å². The minimum atomic E-state index is 1.01. The van der Waals surface area contributed by atoms with Gasteiger partial charge in [-0.2, -0.15) is 0 Å². The summed E-state index contributed by atoms with van der Waals surface area (Å²) in [4.78, 5) is 7.49. The molecule has 0 bridgehead atoms. The Balaban J connectivity index is 0.943. The summed E-state index contributed by atoms with van der Waals surface area (Å²) in [6.07, 6.45) is 0. The molecule has 0 N–H and O–H groups in total. The molecule has 2 aromatic heterocycles. The molecular formula is C61H39N3S. The van der Waals surface area contributed by atoms with Gasteiger partial charge in [0.2, 0.25) is 0 Å². The lowest BCUT2D eigenvalue weighted by Crippen LogP contribution is -2.09. The number of aromatic nitrogens is 2. The van der Waals surface area contributed by atoms with Crippen LogP contribution >= 0.6 is 11.3 Å². The van der Waals surface area contributed by atoms with Gasteiger partial charge in [0.1, 0.15) is 5.01 Å². The Kier molecular flexibility index (Phi) is 8.71. The number of fused-ring (bicyclic) bond motifs is 11. The summed E-state index contributed by atoms with van der Waals surface area (Å²) >= 11 is 1.77. The number of anilines is 3. The van der Waals surface area contributed by atoms with Gasteiger partial charge in [0.25, 0.3) is 0 Å². The van der Waals surface area contributed by atoms with Crippen LogP contribution in [0, 0.1) is 0 Å². The summed E-state index contributed by atoms with van der Waals surface area (Å²) in [6, 6.07) is 85.7. The van der Waals surface area contributed by atoms with Crippen molar-refractivity contribution in [2.75, 3.05) is 4.90 Å². The first-order valence-electron chi connectivity index (χ1n) is 22.1. The zero-order valence-electron chi connectivity index (χ0n) is 35.3. The third-order valence-corrected chi connectivity index (χ3v) is 14.1. The van der Waals surface area contributed by atoms with Gasteiger partial charge in [0, 0.05) is 39.1 Å². The van der Waals surface area contributed by atoms with Crippen LogP contribution in [-0.4, -0.2) is 9.55 Å². The van der Waals surface area contributed by atoms with Crippen LogP contribution in [-0.2, 0) is 0 Å². The molecule has 3 nitrogen and oxygen atoms in total. The van der Waals surface area contributed by atoms with Crippen molar-refractivity contribution in [2.45, 2.75) is 0 Å². The Morgan fingerprint density at radius 3 is 1.42 bits per heavy atom. The van der Waals surface area contributed by atoms with Gasteiger partial charge in [-0.3, -0.25) is 0 Å². The zero-order chi connectivity index (χ0) is 42.8. The first-order valence-corrected chi connectivity index (χ1v) is 22.9. The normalized spacial score (nSPS) is 11.7. The molecule has 0 aliphatic heterocycles. The minimum absolute atomic E-state index is 1.01. The van der Waals surface area contributed by atoms with Crippen molar-refractivity contribution in [2.24, 2.45) is 0 Å². The number of para-hydroxylation sites is 2. The maximum absolute atomic E-state index is 5.19. The van der Waals surface area contributed by atoms with E-state index in [0.717, 1.165) is 38.8 Å². The van der Waals surface area contributed by atoms with Gasteiger partial charge in [0.15, 0.2) is 0 Å². The molecule has 304 valence electrons. The van der Waals surface area contributed by atoms with E-state index in [-0.39, 0.29) is 0 Å². The average molecular weight is 846 g/mol. The fourth-order valence-corrected chi connectivity index (χ4v) is 11.0. The number of nitrogens with zero attached hydrogens (tertiary/aromatic N) is 3. The molecule has 0 radical (unpaired) electrons. The molecule has 2 heterocycles. The molecule has 0 saturated heterocycles. The second-order valence-electron chi connectivity index (χ2n) is 16.7. The molecule has 13 rings (SSSR count). The second kappa shape index (κ2) is 15.2. The van der Waals surface area contributed by atoms with Crippen LogP contribution < -0.4 is 4.90 Å². The van der Waals surface area contributed by atoms with Crippen LogP contribution in [0.15, 0.2) is 237 Å². The van der Waals surface area contributed by atoms with Crippen molar-refractivity contribution in [1.82, 2.24) is 9.55 Å². The van der Waals surface area contributed by atoms with E-state index in [1.807, 2.05) is 0 Å². The van der Waals surface area contributed by atoms with E-state index in [2.05, 4.69) is 246 Å². The predicted molar refractivity (Wildman–Crippen MR) is 277 cm³/mol. The number of hydrogen-bond donors (Lipinski definition) is 0. The molecule has 0 aliphatic rings. The van der Waals surface area contributed by atoms with Crippen LogP contribution in [0.1, 0.15) is 0 Å². The van der Waals surface area contributed by atoms with Gasteiger partial charge in [-0.25, -0.2) is 4.98 Å². The van der Waals surface area contributed by atoms with Crippen molar-refractivity contribution in [1.29, 1.82) is 0 Å². The van der Waals surface area contributed by atoms with E-state index in [1.165, 1.54) is 81.1 Å². The largest absolute Gasteiger partial charge is 0.311 e. The zero-order valence-corrected chi connectivity index (χ0v) is 36.1. The highest BCUT2D eigenvalue weighted by Gasteiger charge is 2.20. The molecule has 0 unspecified atom stereocenters. The SMILES string of the molecule is c1ccc(-c2nc3ccc4c5cc(-c6ccc(N(c7ccccc7)c7ccccc7)cc6)ccc5n(-c5ccc(-c6ccc7c8ccccc8c8ccccc8c7c6)cc5)c4c3s2)cc1. The summed E-state index contributed by atoms with van der Waals surface area (Å²) in [5, 5.41) is 11.2. The number of rotatable bonds is 7. The highest BCUT2D eigenvalue weighted by molar-refractivity contribution is 7.22. The summed E-state index contributed by atoms with van der Waals surface area (Å²) in [5.74, 6) is 0. The molecule has 13 aromatic rings. The van der Waals surface area contributed by atoms with Gasteiger partial charge in [-0.1, -0.05) is 158 Å². The molecule has 0 spiro atoms. The molecule has 11 aromatic carbocycles. The Bertz CT molecular complexity index is 3840. The number of hydrogen-bond acceptors (Lipinski definition) is 3. The summed E-state index contributed by atoms with van der Waals surface area (Å²) in [6.45, 7) is 0.